The Bertz CT molecular complexity index is 305. The normalized spacial score (nSPS) is 15.0. The van der Waals surface area contributed by atoms with Crippen molar-refractivity contribution in [1.82, 2.24) is 0 Å². The van der Waals surface area contributed by atoms with Gasteiger partial charge in [0.1, 0.15) is 0 Å². The molecule has 0 unspecified atom stereocenters. The summed E-state index contributed by atoms with van der Waals surface area (Å²) in [6.45, 7) is 0. The van der Waals surface area contributed by atoms with E-state index in [4.69, 9.17) is 10.7 Å². The lowest BCUT2D eigenvalue weighted by atomic mass is 9.90. The van der Waals surface area contributed by atoms with E-state index in [2.05, 4.69) is 17.4 Å². The summed E-state index contributed by atoms with van der Waals surface area (Å²) in [5, 5.41) is 3.25. The van der Waals surface area contributed by atoms with Crippen LogP contribution in [0.2, 0.25) is 0 Å². The molecule has 1 aliphatic carbocycles. The summed E-state index contributed by atoms with van der Waals surface area (Å²) in [5.74, 6) is 0. The van der Waals surface area contributed by atoms with Crippen LogP contribution < -0.4 is 5.32 Å². The number of anilines is 1. The Kier molecular flexibility index (Phi) is 3.24. The zero-order valence-electron chi connectivity index (χ0n) is 8.27. The van der Waals surface area contributed by atoms with Crippen LogP contribution in [0.3, 0.4) is 0 Å². The summed E-state index contributed by atoms with van der Waals surface area (Å²) in [7, 11) is 9.19. The van der Waals surface area contributed by atoms with E-state index >= 15 is 0 Å². The first-order valence-electron chi connectivity index (χ1n) is 4.98. The van der Waals surface area contributed by atoms with Gasteiger partial charge in [-0.25, -0.2) is 0 Å². The number of rotatable bonds is 2. The van der Waals surface area contributed by atoms with Crippen LogP contribution in [-0.2, 0) is 12.8 Å². The molecule has 14 heavy (non-hydrogen) atoms. The molecule has 1 N–H and O–H groups in total. The Morgan fingerprint density at radius 3 is 2.57 bits per heavy atom. The van der Waals surface area contributed by atoms with Crippen LogP contribution in [0.15, 0.2) is 17.0 Å². The maximum absolute atomic E-state index is 5.86. The van der Waals surface area contributed by atoms with Crippen LogP contribution in [0.25, 0.3) is 0 Å². The maximum atomic E-state index is 5.86. The minimum Gasteiger partial charge on any atom is -0.388 e. The van der Waals surface area contributed by atoms with Crippen molar-refractivity contribution in [2.24, 2.45) is 0 Å². The second kappa shape index (κ2) is 4.45. The van der Waals surface area contributed by atoms with Gasteiger partial charge in [-0.05, 0) is 70.6 Å². The van der Waals surface area contributed by atoms with E-state index in [-0.39, 0.29) is 0 Å². The fraction of sp³-hybridized carbons (Fsp3) is 0.455. The molecule has 0 bridgehead atoms. The van der Waals surface area contributed by atoms with Gasteiger partial charge in [-0.2, -0.15) is 0 Å². The Hall–Kier alpha value is -0.340. The topological polar surface area (TPSA) is 12.0 Å². The maximum Gasteiger partial charge on any atom is 0.0373 e. The molecule has 3 heteroatoms. The zero-order chi connectivity index (χ0) is 9.97. The lowest BCUT2D eigenvalue weighted by Crippen LogP contribution is -2.07. The highest BCUT2D eigenvalue weighted by molar-refractivity contribution is 8.21. The van der Waals surface area contributed by atoms with E-state index in [0.29, 0.717) is 0 Å². The van der Waals surface area contributed by atoms with Crippen LogP contribution in [-0.4, -0.2) is 7.05 Å². The highest BCUT2D eigenvalue weighted by atomic mass is 35.7. The van der Waals surface area contributed by atoms with E-state index in [1.54, 1.807) is 0 Å². The summed E-state index contributed by atoms with van der Waals surface area (Å²) in [4.78, 5) is 1.24. The lowest BCUT2D eigenvalue weighted by Gasteiger charge is -2.21. The van der Waals surface area contributed by atoms with Gasteiger partial charge in [0.25, 0.3) is 0 Å². The number of hydrogen-bond donors (Lipinski definition) is 1. The van der Waals surface area contributed by atoms with Crippen molar-refractivity contribution in [3.05, 3.63) is 23.3 Å². The summed E-state index contributed by atoms with van der Waals surface area (Å²) < 4.78 is 0. The van der Waals surface area contributed by atoms with E-state index in [9.17, 15) is 0 Å². The quantitative estimate of drug-likeness (QED) is 0.824. The molecular formula is C11H14ClNS. The first-order chi connectivity index (χ1) is 6.86. The molecule has 0 saturated heterocycles. The minimum atomic E-state index is 1.18. The molecule has 0 spiro atoms. The van der Waals surface area contributed by atoms with E-state index in [1.165, 1.54) is 58.4 Å². The van der Waals surface area contributed by atoms with Crippen molar-refractivity contribution >= 4 is 27.3 Å². The molecule has 1 aromatic rings. The van der Waals surface area contributed by atoms with Crippen molar-refractivity contribution in [2.75, 3.05) is 12.4 Å². The summed E-state index contributed by atoms with van der Waals surface area (Å²) >= 11 is 0. The van der Waals surface area contributed by atoms with E-state index in [1.807, 2.05) is 7.05 Å². The largest absolute Gasteiger partial charge is 0.388 e. The number of benzene rings is 1. The molecule has 0 atom stereocenters. The molecule has 76 valence electrons. The van der Waals surface area contributed by atoms with Gasteiger partial charge >= 0.3 is 0 Å². The molecule has 0 radical (unpaired) electrons. The molecule has 0 fully saturated rings. The van der Waals surface area contributed by atoms with Crippen LogP contribution >= 0.6 is 21.7 Å². The molecule has 1 aliphatic rings. The van der Waals surface area contributed by atoms with Gasteiger partial charge < -0.3 is 5.32 Å². The van der Waals surface area contributed by atoms with Crippen molar-refractivity contribution in [2.45, 2.75) is 30.6 Å². The third-order valence-corrected chi connectivity index (χ3v) is 3.89. The molecule has 0 saturated carbocycles. The highest BCUT2D eigenvalue weighted by Crippen LogP contribution is 2.36. The van der Waals surface area contributed by atoms with Crippen molar-refractivity contribution in [1.29, 1.82) is 0 Å². The number of nitrogens with one attached hydrogen (secondary N) is 1. The molecule has 0 aromatic heterocycles. The van der Waals surface area contributed by atoms with Gasteiger partial charge in [-0.15, -0.1) is 0 Å². The fourth-order valence-corrected chi connectivity index (χ4v) is 3.01. The fourth-order valence-electron chi connectivity index (χ4n) is 2.14. The second-order valence-electron chi connectivity index (χ2n) is 3.60. The van der Waals surface area contributed by atoms with Crippen molar-refractivity contribution in [3.63, 3.8) is 0 Å². The van der Waals surface area contributed by atoms with Gasteiger partial charge in [-0.3, -0.25) is 0 Å². The van der Waals surface area contributed by atoms with Gasteiger partial charge in [0, 0.05) is 17.6 Å². The predicted molar refractivity (Wildman–Crippen MR) is 64.3 cm³/mol. The second-order valence-corrected chi connectivity index (χ2v) is 4.66. The molecule has 0 aliphatic heterocycles. The Labute approximate surface area is 93.7 Å². The first-order valence-corrected chi connectivity index (χ1v) is 6.62. The third-order valence-electron chi connectivity index (χ3n) is 2.84. The number of halogens is 1. The third kappa shape index (κ3) is 1.73. The summed E-state index contributed by atoms with van der Waals surface area (Å²) in [6, 6.07) is 4.25. The molecule has 0 heterocycles. The van der Waals surface area contributed by atoms with Gasteiger partial charge in [-0.1, -0.05) is 0 Å². The SMILES string of the molecule is CNc1ccc(SCl)c2c1CCCC2. The van der Waals surface area contributed by atoms with Gasteiger partial charge in [0.05, 0.1) is 0 Å². The number of hydrogen-bond acceptors (Lipinski definition) is 2. The van der Waals surface area contributed by atoms with E-state index in [0.717, 1.165) is 0 Å². The average Bonchev–Trinajstić information content (AvgIpc) is 2.27. The average molecular weight is 228 g/mol. The lowest BCUT2D eigenvalue weighted by molar-refractivity contribution is 0.677. The highest BCUT2D eigenvalue weighted by Gasteiger charge is 2.16. The molecule has 0 amide bonds. The van der Waals surface area contributed by atoms with Crippen LogP contribution in [0.1, 0.15) is 24.0 Å². The van der Waals surface area contributed by atoms with Gasteiger partial charge in [0.15, 0.2) is 0 Å². The molecule has 1 nitrogen and oxygen atoms in total. The predicted octanol–water partition coefficient (Wildman–Crippen LogP) is 3.85. The van der Waals surface area contributed by atoms with Crippen LogP contribution in [0.5, 0.6) is 0 Å². The Morgan fingerprint density at radius 1 is 1.21 bits per heavy atom. The molecular weight excluding hydrogens is 214 g/mol. The standard InChI is InChI=1S/C11H14ClNS/c1-13-10-6-7-11(14-12)9-5-3-2-4-8(9)10/h6-7,13H,2-5H2,1H3. The zero-order valence-corrected chi connectivity index (χ0v) is 9.84. The Morgan fingerprint density at radius 2 is 1.93 bits per heavy atom. The first kappa shape index (κ1) is 10.2. The van der Waals surface area contributed by atoms with Crippen LogP contribution in [0.4, 0.5) is 5.69 Å². The van der Waals surface area contributed by atoms with Crippen molar-refractivity contribution < 1.29 is 0 Å². The Balaban J connectivity index is 2.50. The minimum absolute atomic E-state index is 1.18. The number of fused-ring (bicyclic) bond motifs is 1. The molecule has 1 aromatic carbocycles. The monoisotopic (exact) mass is 227 g/mol. The molecule has 2 rings (SSSR count). The smallest absolute Gasteiger partial charge is 0.0373 e. The van der Waals surface area contributed by atoms with Crippen LogP contribution in [0, 0.1) is 0 Å². The van der Waals surface area contributed by atoms with Gasteiger partial charge in [0.2, 0.25) is 0 Å². The summed E-state index contributed by atoms with van der Waals surface area (Å²) in [6.07, 6.45) is 4.97. The van der Waals surface area contributed by atoms with Crippen molar-refractivity contribution in [3.8, 4) is 0 Å². The van der Waals surface area contributed by atoms with E-state index < -0.39 is 0 Å². The summed E-state index contributed by atoms with van der Waals surface area (Å²) in [5.41, 5.74) is 4.21.